The number of nitrogens with one attached hydrogen (secondary N) is 1. The normalized spacial score (nSPS) is 11.1. The zero-order valence-corrected chi connectivity index (χ0v) is 15.3. The fraction of sp³-hybridized carbons (Fsp3) is 0.118. The molecule has 5 nitrogen and oxygen atoms in total. The van der Waals surface area contributed by atoms with E-state index in [2.05, 4.69) is 31.2 Å². The number of benzene rings is 2. The Kier molecular flexibility index (Phi) is 5.22. The van der Waals surface area contributed by atoms with Crippen LogP contribution in [0, 0.1) is 4.77 Å². The van der Waals surface area contributed by atoms with Gasteiger partial charge in [-0.3, -0.25) is 0 Å². The molecule has 0 amide bonds. The van der Waals surface area contributed by atoms with Crippen molar-refractivity contribution in [2.75, 3.05) is 6.61 Å². The first-order valence-corrected chi connectivity index (χ1v) is 8.58. The predicted octanol–water partition coefficient (Wildman–Crippen LogP) is 4.65. The summed E-state index contributed by atoms with van der Waals surface area (Å²) >= 11 is 8.73. The van der Waals surface area contributed by atoms with Crippen LogP contribution in [-0.4, -0.2) is 27.7 Å². The highest BCUT2D eigenvalue weighted by Gasteiger charge is 2.08. The maximum atomic E-state index is 5.46. The summed E-state index contributed by atoms with van der Waals surface area (Å²) in [4.78, 5) is 0. The number of ether oxygens (including phenoxy) is 1. The fourth-order valence-electron chi connectivity index (χ4n) is 2.16. The summed E-state index contributed by atoms with van der Waals surface area (Å²) in [5.41, 5.74) is 1.86. The van der Waals surface area contributed by atoms with Crippen LogP contribution in [-0.2, 0) is 0 Å². The van der Waals surface area contributed by atoms with E-state index >= 15 is 0 Å². The zero-order chi connectivity index (χ0) is 16.9. The van der Waals surface area contributed by atoms with Gasteiger partial charge in [0.05, 0.1) is 12.8 Å². The number of aromatic nitrogens is 3. The van der Waals surface area contributed by atoms with Crippen LogP contribution in [0.5, 0.6) is 5.75 Å². The van der Waals surface area contributed by atoms with Gasteiger partial charge in [0.2, 0.25) is 4.77 Å². The summed E-state index contributed by atoms with van der Waals surface area (Å²) < 4.78 is 8.49. The van der Waals surface area contributed by atoms with Crippen LogP contribution in [0.15, 0.2) is 58.1 Å². The van der Waals surface area contributed by atoms with Gasteiger partial charge in [-0.05, 0) is 61.1 Å². The third-order valence-corrected chi connectivity index (χ3v) is 4.00. The number of H-pyrrole nitrogens is 1. The fourth-order valence-corrected chi connectivity index (χ4v) is 2.76. The van der Waals surface area contributed by atoms with Crippen molar-refractivity contribution in [3.63, 3.8) is 0 Å². The number of hydrogen-bond acceptors (Lipinski definition) is 4. The summed E-state index contributed by atoms with van der Waals surface area (Å²) in [6.45, 7) is 2.59. The molecular weight excluding hydrogens is 388 g/mol. The van der Waals surface area contributed by atoms with Crippen LogP contribution in [0.4, 0.5) is 0 Å². The molecule has 7 heteroatoms. The summed E-state index contributed by atoms with van der Waals surface area (Å²) in [5, 5.41) is 11.5. The molecule has 0 fully saturated rings. The Morgan fingerprint density at radius 1 is 1.29 bits per heavy atom. The minimum absolute atomic E-state index is 0.435. The van der Waals surface area contributed by atoms with Crippen molar-refractivity contribution in [3.8, 4) is 17.1 Å². The van der Waals surface area contributed by atoms with Crippen LogP contribution < -0.4 is 4.74 Å². The Bertz CT molecular complexity index is 915. The van der Waals surface area contributed by atoms with E-state index in [9.17, 15) is 0 Å². The number of aromatic amines is 1. The van der Waals surface area contributed by atoms with Gasteiger partial charge in [-0.1, -0.05) is 28.1 Å². The summed E-state index contributed by atoms with van der Waals surface area (Å²) in [6.07, 6.45) is 1.74. The minimum atomic E-state index is 0.435. The molecule has 0 radical (unpaired) electrons. The number of nitrogens with zero attached hydrogens (tertiary/aromatic N) is 3. The molecule has 0 bridgehead atoms. The third-order valence-electron chi connectivity index (χ3n) is 3.24. The lowest BCUT2D eigenvalue weighted by Crippen LogP contribution is -1.96. The maximum Gasteiger partial charge on any atom is 0.216 e. The molecule has 0 aliphatic heterocycles. The van der Waals surface area contributed by atoms with Gasteiger partial charge in [0, 0.05) is 10.0 Å². The Morgan fingerprint density at radius 3 is 2.79 bits per heavy atom. The molecule has 24 heavy (non-hydrogen) atoms. The van der Waals surface area contributed by atoms with Gasteiger partial charge in [0.15, 0.2) is 5.82 Å². The van der Waals surface area contributed by atoms with Crippen molar-refractivity contribution in [2.24, 2.45) is 5.10 Å². The van der Waals surface area contributed by atoms with Crippen molar-refractivity contribution < 1.29 is 4.74 Å². The van der Waals surface area contributed by atoms with Gasteiger partial charge >= 0.3 is 0 Å². The Balaban J connectivity index is 1.92. The molecule has 122 valence electrons. The van der Waals surface area contributed by atoms with Crippen LogP contribution >= 0.6 is 28.1 Å². The van der Waals surface area contributed by atoms with E-state index in [4.69, 9.17) is 17.0 Å². The molecule has 2 aromatic carbocycles. The Morgan fingerprint density at radius 2 is 2.08 bits per heavy atom. The smallest absolute Gasteiger partial charge is 0.216 e. The Hall–Kier alpha value is -2.25. The molecule has 3 rings (SSSR count). The van der Waals surface area contributed by atoms with Gasteiger partial charge in [0.25, 0.3) is 0 Å². The summed E-state index contributed by atoms with van der Waals surface area (Å²) in [6, 6.07) is 15.5. The predicted molar refractivity (Wildman–Crippen MR) is 101 cm³/mol. The van der Waals surface area contributed by atoms with Crippen molar-refractivity contribution in [1.82, 2.24) is 14.9 Å². The quantitative estimate of drug-likeness (QED) is 0.498. The lowest BCUT2D eigenvalue weighted by atomic mass is 10.2. The van der Waals surface area contributed by atoms with Crippen LogP contribution in [0.2, 0.25) is 0 Å². The molecule has 0 atom stereocenters. The zero-order valence-electron chi connectivity index (χ0n) is 12.9. The first-order chi connectivity index (χ1) is 11.7. The van der Waals surface area contributed by atoms with E-state index in [1.165, 1.54) is 0 Å². The molecular formula is C17H15BrN4OS. The minimum Gasteiger partial charge on any atom is -0.494 e. The van der Waals surface area contributed by atoms with Gasteiger partial charge in [0.1, 0.15) is 5.75 Å². The third kappa shape index (κ3) is 3.80. The van der Waals surface area contributed by atoms with Crippen molar-refractivity contribution in [3.05, 3.63) is 63.3 Å². The standard InChI is InChI=1S/C17H15BrN4OS/c1-2-23-15-8-6-13(7-9-15)16-20-21-17(24)22(16)19-11-12-4-3-5-14(18)10-12/h3-11H,2H2,1H3,(H,21,24)/b19-11-. The molecule has 1 aromatic heterocycles. The molecule has 0 saturated carbocycles. The monoisotopic (exact) mass is 402 g/mol. The lowest BCUT2D eigenvalue weighted by Gasteiger charge is -2.04. The van der Waals surface area contributed by atoms with E-state index in [0.29, 0.717) is 17.2 Å². The van der Waals surface area contributed by atoms with Crippen LogP contribution in [0.1, 0.15) is 12.5 Å². The molecule has 1 heterocycles. The van der Waals surface area contributed by atoms with E-state index in [1.807, 2.05) is 55.5 Å². The first kappa shape index (κ1) is 16.6. The van der Waals surface area contributed by atoms with Crippen molar-refractivity contribution in [2.45, 2.75) is 6.92 Å². The molecule has 0 aliphatic rings. The van der Waals surface area contributed by atoms with Gasteiger partial charge in [-0.25, -0.2) is 5.10 Å². The highest BCUT2D eigenvalue weighted by molar-refractivity contribution is 9.10. The molecule has 1 N–H and O–H groups in total. The summed E-state index contributed by atoms with van der Waals surface area (Å²) in [5.74, 6) is 1.47. The second-order valence-corrected chi connectivity index (χ2v) is 6.22. The Labute approximate surface area is 153 Å². The number of hydrogen-bond donors (Lipinski definition) is 1. The van der Waals surface area contributed by atoms with Crippen LogP contribution in [0.25, 0.3) is 11.4 Å². The topological polar surface area (TPSA) is 55.2 Å². The van der Waals surface area contributed by atoms with Gasteiger partial charge < -0.3 is 4.74 Å². The van der Waals surface area contributed by atoms with E-state index < -0.39 is 0 Å². The highest BCUT2D eigenvalue weighted by Crippen LogP contribution is 2.21. The summed E-state index contributed by atoms with van der Waals surface area (Å²) in [7, 11) is 0. The maximum absolute atomic E-state index is 5.46. The number of halogens is 1. The first-order valence-electron chi connectivity index (χ1n) is 7.38. The van der Waals surface area contributed by atoms with E-state index in [-0.39, 0.29) is 0 Å². The highest BCUT2D eigenvalue weighted by atomic mass is 79.9. The van der Waals surface area contributed by atoms with E-state index in [0.717, 1.165) is 21.3 Å². The average Bonchev–Trinajstić information content (AvgIpc) is 2.95. The van der Waals surface area contributed by atoms with Gasteiger partial charge in [-0.15, -0.1) is 0 Å². The number of rotatable bonds is 5. The lowest BCUT2D eigenvalue weighted by molar-refractivity contribution is 0.340. The average molecular weight is 403 g/mol. The van der Waals surface area contributed by atoms with Crippen molar-refractivity contribution in [1.29, 1.82) is 0 Å². The van der Waals surface area contributed by atoms with Gasteiger partial charge in [-0.2, -0.15) is 14.9 Å². The molecule has 0 aliphatic carbocycles. The second kappa shape index (κ2) is 7.55. The van der Waals surface area contributed by atoms with E-state index in [1.54, 1.807) is 10.9 Å². The molecule has 0 unspecified atom stereocenters. The molecule has 0 spiro atoms. The van der Waals surface area contributed by atoms with Crippen molar-refractivity contribution >= 4 is 34.4 Å². The largest absolute Gasteiger partial charge is 0.494 e. The molecule has 3 aromatic rings. The SMILES string of the molecule is CCOc1ccc(-c2n[nH]c(=S)n2/N=C\c2cccc(Br)c2)cc1. The second-order valence-electron chi connectivity index (χ2n) is 4.92. The van der Waals surface area contributed by atoms with Crippen LogP contribution in [0.3, 0.4) is 0 Å². The molecule has 0 saturated heterocycles.